The van der Waals surface area contributed by atoms with Crippen molar-refractivity contribution >= 4 is 26.7 Å². The molecule has 3 rings (SSSR count). The molecule has 0 saturated heterocycles. The Kier molecular flexibility index (Phi) is 4.06. The lowest BCUT2D eigenvalue weighted by atomic mass is 10.1. The average molecular weight is 298 g/mol. The van der Waals surface area contributed by atoms with Crippen LogP contribution in [-0.4, -0.2) is 18.6 Å². The largest absolute Gasteiger partial charge is 0.497 e. The molecule has 1 aromatic heterocycles. The molecule has 0 fully saturated rings. The number of benzene rings is 2. The second-order valence-electron chi connectivity index (χ2n) is 4.97. The van der Waals surface area contributed by atoms with Gasteiger partial charge in [0.1, 0.15) is 5.75 Å². The molecular formula is C17H18N2OS. The Balaban J connectivity index is 1.71. The van der Waals surface area contributed by atoms with Crippen LogP contribution in [0.25, 0.3) is 10.2 Å². The maximum absolute atomic E-state index is 5.31. The molecule has 1 heterocycles. The Morgan fingerprint density at radius 3 is 2.76 bits per heavy atom. The molecule has 0 unspecified atom stereocenters. The molecule has 0 amide bonds. The summed E-state index contributed by atoms with van der Waals surface area (Å²) in [5, 5.41) is 4.38. The van der Waals surface area contributed by atoms with E-state index in [1.807, 2.05) is 18.2 Å². The van der Waals surface area contributed by atoms with Gasteiger partial charge in [-0.2, -0.15) is 0 Å². The van der Waals surface area contributed by atoms with E-state index in [-0.39, 0.29) is 0 Å². The smallest absolute Gasteiger partial charge is 0.183 e. The lowest BCUT2D eigenvalue weighted by molar-refractivity contribution is 0.415. The average Bonchev–Trinajstić information content (AvgIpc) is 2.91. The Morgan fingerprint density at radius 1 is 1.19 bits per heavy atom. The predicted octanol–water partition coefficient (Wildman–Crippen LogP) is 4.27. The van der Waals surface area contributed by atoms with Crippen LogP contribution in [0.2, 0.25) is 0 Å². The van der Waals surface area contributed by atoms with E-state index in [1.54, 1.807) is 18.4 Å². The predicted molar refractivity (Wildman–Crippen MR) is 89.5 cm³/mol. The van der Waals surface area contributed by atoms with Crippen molar-refractivity contribution in [2.45, 2.75) is 13.3 Å². The lowest BCUT2D eigenvalue weighted by Crippen LogP contribution is -2.04. The summed E-state index contributed by atoms with van der Waals surface area (Å²) in [7, 11) is 1.70. The first kappa shape index (κ1) is 13.9. The molecule has 1 N–H and O–H groups in total. The van der Waals surface area contributed by atoms with Gasteiger partial charge < -0.3 is 10.1 Å². The molecule has 0 aliphatic rings. The molecule has 108 valence electrons. The summed E-state index contributed by atoms with van der Waals surface area (Å²) in [5.41, 5.74) is 3.55. The molecule has 21 heavy (non-hydrogen) atoms. The van der Waals surface area contributed by atoms with Gasteiger partial charge in [0.25, 0.3) is 0 Å². The molecule has 0 aliphatic carbocycles. The summed E-state index contributed by atoms with van der Waals surface area (Å²) >= 11 is 1.67. The van der Waals surface area contributed by atoms with E-state index in [0.717, 1.165) is 39.6 Å². The summed E-state index contributed by atoms with van der Waals surface area (Å²) in [4.78, 5) is 4.67. The molecular weight excluding hydrogens is 280 g/mol. The van der Waals surface area contributed by atoms with Crippen molar-refractivity contribution in [3.8, 4) is 5.75 Å². The molecule has 4 heteroatoms. The van der Waals surface area contributed by atoms with Crippen LogP contribution in [0.3, 0.4) is 0 Å². The second-order valence-corrected chi connectivity index (χ2v) is 6.00. The third-order valence-electron chi connectivity index (χ3n) is 3.43. The molecule has 0 bridgehead atoms. The van der Waals surface area contributed by atoms with Crippen LogP contribution < -0.4 is 10.1 Å². The Bertz CT molecular complexity index is 737. The number of fused-ring (bicyclic) bond motifs is 1. The fourth-order valence-corrected chi connectivity index (χ4v) is 3.31. The van der Waals surface area contributed by atoms with Crippen LogP contribution in [0, 0.1) is 6.92 Å². The molecule has 2 aromatic carbocycles. The quantitative estimate of drug-likeness (QED) is 0.764. The first-order valence-corrected chi connectivity index (χ1v) is 7.81. The highest BCUT2D eigenvalue weighted by Crippen LogP contribution is 2.31. The van der Waals surface area contributed by atoms with Gasteiger partial charge in [-0.3, -0.25) is 0 Å². The molecule has 3 nitrogen and oxygen atoms in total. The molecule has 3 aromatic rings. The summed E-state index contributed by atoms with van der Waals surface area (Å²) in [6.07, 6.45) is 0.999. The van der Waals surface area contributed by atoms with Crippen LogP contribution in [-0.2, 0) is 6.42 Å². The van der Waals surface area contributed by atoms with Crippen molar-refractivity contribution in [3.05, 3.63) is 53.6 Å². The van der Waals surface area contributed by atoms with Crippen LogP contribution >= 0.6 is 11.3 Å². The molecule has 0 saturated carbocycles. The van der Waals surface area contributed by atoms with Gasteiger partial charge in [0.15, 0.2) is 5.13 Å². The number of methoxy groups -OCH3 is 1. The zero-order valence-electron chi connectivity index (χ0n) is 12.2. The SMILES string of the molecule is COc1cc(C)c2nc(NCCc3ccccc3)sc2c1. The Labute approximate surface area is 128 Å². The topological polar surface area (TPSA) is 34.1 Å². The van der Waals surface area contributed by atoms with Gasteiger partial charge in [-0.25, -0.2) is 4.98 Å². The lowest BCUT2D eigenvalue weighted by Gasteiger charge is -2.02. The molecule has 0 atom stereocenters. The van der Waals surface area contributed by atoms with Crippen LogP contribution in [0.1, 0.15) is 11.1 Å². The fraction of sp³-hybridized carbons (Fsp3) is 0.235. The van der Waals surface area contributed by atoms with Gasteiger partial charge in [0, 0.05) is 6.54 Å². The number of nitrogens with one attached hydrogen (secondary N) is 1. The van der Waals surface area contributed by atoms with E-state index in [9.17, 15) is 0 Å². The molecule has 0 spiro atoms. The van der Waals surface area contributed by atoms with Gasteiger partial charge in [-0.15, -0.1) is 0 Å². The number of anilines is 1. The first-order chi connectivity index (χ1) is 10.3. The van der Waals surface area contributed by atoms with Gasteiger partial charge >= 0.3 is 0 Å². The third-order valence-corrected chi connectivity index (χ3v) is 4.39. The highest BCUT2D eigenvalue weighted by atomic mass is 32.1. The Hall–Kier alpha value is -2.07. The van der Waals surface area contributed by atoms with Crippen LogP contribution in [0.4, 0.5) is 5.13 Å². The number of rotatable bonds is 5. The number of aromatic nitrogens is 1. The highest BCUT2D eigenvalue weighted by molar-refractivity contribution is 7.22. The van der Waals surface area contributed by atoms with Crippen molar-refractivity contribution in [3.63, 3.8) is 0 Å². The van der Waals surface area contributed by atoms with Crippen molar-refractivity contribution < 1.29 is 4.74 Å². The standard InChI is InChI=1S/C17H18N2OS/c1-12-10-14(20-2)11-15-16(12)19-17(21-15)18-9-8-13-6-4-3-5-7-13/h3-7,10-11H,8-9H2,1-2H3,(H,18,19). The zero-order valence-corrected chi connectivity index (χ0v) is 13.0. The third kappa shape index (κ3) is 3.16. The van der Waals surface area contributed by atoms with Crippen molar-refractivity contribution in [1.29, 1.82) is 0 Å². The number of aryl methyl sites for hydroxylation is 1. The monoisotopic (exact) mass is 298 g/mol. The minimum atomic E-state index is 0.888. The van der Waals surface area contributed by atoms with Gasteiger partial charge in [0.05, 0.1) is 17.3 Å². The van der Waals surface area contributed by atoms with E-state index in [1.165, 1.54) is 5.56 Å². The van der Waals surface area contributed by atoms with Gasteiger partial charge in [-0.05, 0) is 36.6 Å². The van der Waals surface area contributed by atoms with E-state index in [4.69, 9.17) is 4.74 Å². The normalized spacial score (nSPS) is 10.8. The highest BCUT2D eigenvalue weighted by Gasteiger charge is 2.08. The zero-order chi connectivity index (χ0) is 14.7. The van der Waals surface area contributed by atoms with E-state index in [2.05, 4.69) is 41.5 Å². The van der Waals surface area contributed by atoms with Crippen LogP contribution in [0.5, 0.6) is 5.75 Å². The second kappa shape index (κ2) is 6.14. The fourth-order valence-electron chi connectivity index (χ4n) is 2.32. The van der Waals surface area contributed by atoms with Crippen molar-refractivity contribution in [2.24, 2.45) is 0 Å². The summed E-state index contributed by atoms with van der Waals surface area (Å²) in [6.45, 7) is 2.96. The minimum absolute atomic E-state index is 0.888. The number of ether oxygens (including phenoxy) is 1. The van der Waals surface area contributed by atoms with Crippen molar-refractivity contribution in [2.75, 3.05) is 19.0 Å². The van der Waals surface area contributed by atoms with Gasteiger partial charge in [-0.1, -0.05) is 41.7 Å². The molecule has 0 aliphatic heterocycles. The van der Waals surface area contributed by atoms with E-state index >= 15 is 0 Å². The maximum atomic E-state index is 5.31. The number of hydrogen-bond acceptors (Lipinski definition) is 4. The molecule has 0 radical (unpaired) electrons. The van der Waals surface area contributed by atoms with Crippen molar-refractivity contribution in [1.82, 2.24) is 4.98 Å². The minimum Gasteiger partial charge on any atom is -0.497 e. The first-order valence-electron chi connectivity index (χ1n) is 6.99. The van der Waals surface area contributed by atoms with Gasteiger partial charge in [0.2, 0.25) is 0 Å². The number of thiazole rings is 1. The van der Waals surface area contributed by atoms with E-state index < -0.39 is 0 Å². The number of hydrogen-bond donors (Lipinski definition) is 1. The summed E-state index contributed by atoms with van der Waals surface area (Å²) < 4.78 is 6.47. The maximum Gasteiger partial charge on any atom is 0.183 e. The Morgan fingerprint density at radius 2 is 2.00 bits per heavy atom. The summed E-state index contributed by atoms with van der Waals surface area (Å²) in [6, 6.07) is 14.5. The van der Waals surface area contributed by atoms with E-state index in [0.29, 0.717) is 0 Å². The summed E-state index contributed by atoms with van der Waals surface area (Å²) in [5.74, 6) is 0.888. The van der Waals surface area contributed by atoms with Crippen LogP contribution in [0.15, 0.2) is 42.5 Å². The number of nitrogens with zero attached hydrogens (tertiary/aromatic N) is 1.